The maximum Gasteiger partial charge on any atom is 0.143 e. The standard InChI is InChI=1S/C59H36N2O/c1-3-14-41(15-4-1)59(42-16-5-2-6-17-42)52-34-39(37-26-28-38(29-27-37)43-23-13-24-51-48-20-11-12-25-55(48)62-58(43)51)30-32-46(52)47-33-31-40(35-53(47)59)54-36-60-56-49-21-9-7-18-44(49)45-19-8-10-22-50(45)57(56)61-54/h1-36H. The van der Waals surface area contributed by atoms with Crippen LogP contribution in [0.1, 0.15) is 22.3 Å². The first-order valence-electron chi connectivity index (χ1n) is 21.2. The fourth-order valence-corrected chi connectivity index (χ4v) is 10.4. The van der Waals surface area contributed by atoms with Crippen LogP contribution in [0.3, 0.4) is 0 Å². The van der Waals surface area contributed by atoms with Gasteiger partial charge in [-0.05, 0) is 79.0 Å². The van der Waals surface area contributed by atoms with Crippen LogP contribution in [-0.2, 0) is 5.41 Å². The van der Waals surface area contributed by atoms with Crippen LogP contribution >= 0.6 is 0 Å². The Kier molecular flexibility index (Phi) is 7.52. The third-order valence-corrected chi connectivity index (χ3v) is 13.2. The van der Waals surface area contributed by atoms with Crippen LogP contribution in [0.15, 0.2) is 223 Å². The van der Waals surface area contributed by atoms with E-state index in [1.54, 1.807) is 0 Å². The van der Waals surface area contributed by atoms with E-state index in [1.165, 1.54) is 49.7 Å². The first-order chi connectivity index (χ1) is 30.7. The Hall–Kier alpha value is -8.14. The number of benzene rings is 10. The number of furan rings is 1. The summed E-state index contributed by atoms with van der Waals surface area (Å²) >= 11 is 0. The maximum atomic E-state index is 6.42. The van der Waals surface area contributed by atoms with Crippen molar-refractivity contribution in [1.29, 1.82) is 0 Å². The SMILES string of the molecule is c1ccc(C2(c3ccccc3)c3cc(-c4ccc(-c5cccc6c5oc5ccccc56)cc4)ccc3-c3ccc(-c4cnc5c6ccccc6c6ccccc6c5n4)cc32)cc1. The highest BCUT2D eigenvalue weighted by Gasteiger charge is 2.46. The summed E-state index contributed by atoms with van der Waals surface area (Å²) < 4.78 is 6.42. The van der Waals surface area contributed by atoms with Crippen molar-refractivity contribution in [2.75, 3.05) is 0 Å². The van der Waals surface area contributed by atoms with Crippen molar-refractivity contribution in [3.05, 3.63) is 241 Å². The minimum absolute atomic E-state index is 0.594. The molecule has 0 amide bonds. The van der Waals surface area contributed by atoms with Gasteiger partial charge >= 0.3 is 0 Å². The molecule has 0 N–H and O–H groups in total. The Balaban J connectivity index is 0.985. The van der Waals surface area contributed by atoms with E-state index < -0.39 is 5.41 Å². The molecule has 1 aliphatic rings. The molecule has 2 heterocycles. The largest absolute Gasteiger partial charge is 0.455 e. The number of rotatable bonds is 5. The molecule has 288 valence electrons. The zero-order valence-corrected chi connectivity index (χ0v) is 33.6. The van der Waals surface area contributed by atoms with Gasteiger partial charge in [-0.3, -0.25) is 4.98 Å². The highest BCUT2D eigenvalue weighted by Crippen LogP contribution is 2.57. The summed E-state index contributed by atoms with van der Waals surface area (Å²) in [6, 6.07) is 76.7. The molecule has 3 nitrogen and oxygen atoms in total. The Labute approximate surface area is 358 Å². The first kappa shape index (κ1) is 34.7. The summed E-state index contributed by atoms with van der Waals surface area (Å²) in [4.78, 5) is 10.6. The molecule has 62 heavy (non-hydrogen) atoms. The number of para-hydroxylation sites is 2. The number of hydrogen-bond acceptors (Lipinski definition) is 3. The molecule has 0 saturated carbocycles. The lowest BCUT2D eigenvalue weighted by molar-refractivity contribution is 0.670. The van der Waals surface area contributed by atoms with Gasteiger partial charge in [0.05, 0.1) is 28.3 Å². The highest BCUT2D eigenvalue weighted by atomic mass is 16.3. The molecule has 0 bridgehead atoms. The van der Waals surface area contributed by atoms with E-state index in [4.69, 9.17) is 14.4 Å². The molecule has 0 atom stereocenters. The van der Waals surface area contributed by atoms with Crippen molar-refractivity contribution in [2.24, 2.45) is 0 Å². The number of aromatic nitrogens is 2. The van der Waals surface area contributed by atoms with Gasteiger partial charge in [0.25, 0.3) is 0 Å². The average molecular weight is 789 g/mol. The number of hydrogen-bond donors (Lipinski definition) is 0. The van der Waals surface area contributed by atoms with E-state index in [0.29, 0.717) is 0 Å². The summed E-state index contributed by atoms with van der Waals surface area (Å²) in [6.45, 7) is 0. The van der Waals surface area contributed by atoms with E-state index >= 15 is 0 Å². The molecule has 0 aliphatic heterocycles. The smallest absolute Gasteiger partial charge is 0.143 e. The van der Waals surface area contributed by atoms with Crippen molar-refractivity contribution >= 4 is 54.5 Å². The van der Waals surface area contributed by atoms with Gasteiger partial charge in [0.15, 0.2) is 0 Å². The van der Waals surface area contributed by atoms with E-state index in [0.717, 1.165) is 71.7 Å². The van der Waals surface area contributed by atoms with Gasteiger partial charge in [-0.25, -0.2) is 4.98 Å². The van der Waals surface area contributed by atoms with Crippen LogP contribution in [0, 0.1) is 0 Å². The fraction of sp³-hybridized carbons (Fsp3) is 0.0169. The van der Waals surface area contributed by atoms with Gasteiger partial charge in [0.2, 0.25) is 0 Å². The third kappa shape index (κ3) is 5.00. The van der Waals surface area contributed by atoms with Crippen LogP contribution < -0.4 is 0 Å². The Bertz CT molecular complexity index is 3660. The van der Waals surface area contributed by atoms with E-state index in [1.807, 2.05) is 18.3 Å². The first-order valence-corrected chi connectivity index (χ1v) is 21.2. The lowest BCUT2D eigenvalue weighted by Gasteiger charge is -2.34. The molecular weight excluding hydrogens is 753 g/mol. The summed E-state index contributed by atoms with van der Waals surface area (Å²) in [5, 5.41) is 6.88. The third-order valence-electron chi connectivity index (χ3n) is 13.2. The molecule has 1 aliphatic carbocycles. The topological polar surface area (TPSA) is 38.9 Å². The summed E-state index contributed by atoms with van der Waals surface area (Å²) in [5.74, 6) is 0. The van der Waals surface area contributed by atoms with Gasteiger partial charge in [0, 0.05) is 32.7 Å². The molecule has 3 heteroatoms. The molecule has 0 spiro atoms. The molecule has 0 unspecified atom stereocenters. The van der Waals surface area contributed by atoms with Crippen LogP contribution in [0.25, 0.3) is 99.2 Å². The lowest BCUT2D eigenvalue weighted by atomic mass is 9.67. The predicted molar refractivity (Wildman–Crippen MR) is 255 cm³/mol. The Morgan fingerprint density at radius 1 is 0.355 bits per heavy atom. The predicted octanol–water partition coefficient (Wildman–Crippen LogP) is 15.2. The van der Waals surface area contributed by atoms with Crippen molar-refractivity contribution in [1.82, 2.24) is 9.97 Å². The quantitative estimate of drug-likeness (QED) is 0.163. The normalized spacial score (nSPS) is 13.0. The number of nitrogens with zero attached hydrogens (tertiary/aromatic N) is 2. The molecule has 0 saturated heterocycles. The molecular formula is C59H36N2O. The second-order valence-electron chi connectivity index (χ2n) is 16.4. The highest BCUT2D eigenvalue weighted by molar-refractivity contribution is 6.23. The summed E-state index contributed by atoms with van der Waals surface area (Å²) in [6.07, 6.45) is 1.95. The molecule has 0 fully saturated rings. The van der Waals surface area contributed by atoms with Gasteiger partial charge < -0.3 is 4.42 Å². The molecule has 2 aromatic heterocycles. The molecule has 13 rings (SSSR count). The van der Waals surface area contributed by atoms with Crippen LogP contribution in [0.2, 0.25) is 0 Å². The van der Waals surface area contributed by atoms with Gasteiger partial charge in [0.1, 0.15) is 11.2 Å². The minimum atomic E-state index is -0.594. The second kappa shape index (κ2) is 13.4. The average Bonchev–Trinajstić information content (AvgIpc) is 3.88. The van der Waals surface area contributed by atoms with E-state index in [9.17, 15) is 0 Å². The summed E-state index contributed by atoms with van der Waals surface area (Å²) in [5.41, 5.74) is 16.9. The van der Waals surface area contributed by atoms with E-state index in [2.05, 4.69) is 200 Å². The second-order valence-corrected chi connectivity index (χ2v) is 16.4. The number of fused-ring (bicyclic) bond motifs is 12. The van der Waals surface area contributed by atoms with Crippen molar-refractivity contribution < 1.29 is 4.42 Å². The van der Waals surface area contributed by atoms with Gasteiger partial charge in [-0.15, -0.1) is 0 Å². The zero-order valence-electron chi connectivity index (χ0n) is 33.6. The van der Waals surface area contributed by atoms with Gasteiger partial charge in [-0.2, -0.15) is 0 Å². The Morgan fingerprint density at radius 2 is 0.871 bits per heavy atom. The fourth-order valence-electron chi connectivity index (χ4n) is 10.4. The molecule has 10 aromatic carbocycles. The maximum absolute atomic E-state index is 6.42. The zero-order chi connectivity index (χ0) is 40.8. The summed E-state index contributed by atoms with van der Waals surface area (Å²) in [7, 11) is 0. The minimum Gasteiger partial charge on any atom is -0.455 e. The molecule has 0 radical (unpaired) electrons. The van der Waals surface area contributed by atoms with Gasteiger partial charge in [-0.1, -0.05) is 194 Å². The Morgan fingerprint density at radius 3 is 1.55 bits per heavy atom. The van der Waals surface area contributed by atoms with Crippen molar-refractivity contribution in [3.63, 3.8) is 0 Å². The van der Waals surface area contributed by atoms with Crippen molar-refractivity contribution in [2.45, 2.75) is 5.41 Å². The van der Waals surface area contributed by atoms with Crippen LogP contribution in [0.5, 0.6) is 0 Å². The lowest BCUT2D eigenvalue weighted by Crippen LogP contribution is -2.28. The van der Waals surface area contributed by atoms with E-state index in [-0.39, 0.29) is 0 Å². The van der Waals surface area contributed by atoms with Crippen LogP contribution in [-0.4, -0.2) is 9.97 Å². The monoisotopic (exact) mass is 788 g/mol. The van der Waals surface area contributed by atoms with Crippen molar-refractivity contribution in [3.8, 4) is 44.6 Å². The molecule has 12 aromatic rings. The van der Waals surface area contributed by atoms with Crippen LogP contribution in [0.4, 0.5) is 0 Å².